The van der Waals surface area contributed by atoms with Crippen molar-refractivity contribution < 1.29 is 9.59 Å². The van der Waals surface area contributed by atoms with E-state index in [2.05, 4.69) is 19.9 Å². The van der Waals surface area contributed by atoms with Gasteiger partial charge in [0.15, 0.2) is 17.5 Å². The lowest BCUT2D eigenvalue weighted by atomic mass is 10.2. The molecule has 0 fully saturated rings. The second-order valence-corrected chi connectivity index (χ2v) is 5.34. The fourth-order valence-corrected chi connectivity index (χ4v) is 1.73. The minimum atomic E-state index is -0.698. The molecular weight excluding hydrogens is 300 g/mol. The van der Waals surface area contributed by atoms with E-state index in [0.717, 1.165) is 4.57 Å². The molecule has 0 aliphatic carbocycles. The minimum Gasteiger partial charge on any atom is -0.369 e. The molecule has 0 unspecified atom stereocenters. The smallest absolute Gasteiger partial charge is 0.290 e. The lowest BCUT2D eigenvalue weighted by Gasteiger charge is -2.11. The van der Waals surface area contributed by atoms with Crippen LogP contribution >= 0.6 is 0 Å². The maximum Gasteiger partial charge on any atom is 0.290 e. The lowest BCUT2D eigenvalue weighted by Crippen LogP contribution is -2.31. The Bertz CT molecular complexity index is 853. The second-order valence-electron chi connectivity index (χ2n) is 5.34. The molecule has 23 heavy (non-hydrogen) atoms. The van der Waals surface area contributed by atoms with Crippen LogP contribution in [0.4, 0.5) is 5.95 Å². The van der Waals surface area contributed by atoms with E-state index in [9.17, 15) is 14.4 Å². The van der Waals surface area contributed by atoms with Crippen LogP contribution in [0, 0.1) is 5.92 Å². The molecule has 9 heteroatoms. The van der Waals surface area contributed by atoms with E-state index in [0.29, 0.717) is 6.29 Å². The number of rotatable bonds is 4. The first kappa shape index (κ1) is 16.4. The van der Waals surface area contributed by atoms with Gasteiger partial charge in [-0.15, -0.1) is 0 Å². The van der Waals surface area contributed by atoms with Gasteiger partial charge in [0.25, 0.3) is 5.56 Å². The van der Waals surface area contributed by atoms with Crippen LogP contribution in [0.25, 0.3) is 11.2 Å². The van der Waals surface area contributed by atoms with E-state index < -0.39 is 17.4 Å². The van der Waals surface area contributed by atoms with E-state index in [1.54, 1.807) is 32.8 Å². The Hall–Kier alpha value is -2.97. The van der Waals surface area contributed by atoms with Gasteiger partial charge in [-0.25, -0.2) is 19.5 Å². The molecule has 0 bridgehead atoms. The lowest BCUT2D eigenvalue weighted by molar-refractivity contribution is 0.0852. The molecule has 0 saturated heterocycles. The molecule has 2 heterocycles. The first-order valence-corrected chi connectivity index (χ1v) is 6.85. The zero-order chi connectivity index (χ0) is 17.1. The Labute approximate surface area is 131 Å². The third-order valence-electron chi connectivity index (χ3n) is 2.82. The molecule has 0 N–H and O–H groups in total. The molecule has 0 atom stereocenters. The summed E-state index contributed by atoms with van der Waals surface area (Å²) in [6, 6.07) is 0. The van der Waals surface area contributed by atoms with Gasteiger partial charge >= 0.3 is 0 Å². The zero-order valence-corrected chi connectivity index (χ0v) is 13.2. The molecular formula is C14H16N6O3. The summed E-state index contributed by atoms with van der Waals surface area (Å²) in [5.41, 5.74) is -0.827. The van der Waals surface area contributed by atoms with Gasteiger partial charge in [-0.05, 0) is 0 Å². The normalized spacial score (nSPS) is 11.3. The quantitative estimate of drug-likeness (QED) is 0.459. The molecule has 0 radical (unpaired) electrons. The minimum absolute atomic E-state index is 0.00973. The molecule has 9 nitrogen and oxygen atoms in total. The molecule has 2 rings (SSSR count). The number of carbonyl (C=O) groups excluding carboxylic acids is 2. The highest BCUT2D eigenvalue weighted by Crippen LogP contribution is 2.12. The summed E-state index contributed by atoms with van der Waals surface area (Å²) in [6.45, 7) is 3.32. The summed E-state index contributed by atoms with van der Waals surface area (Å²) >= 11 is 0. The van der Waals surface area contributed by atoms with Crippen LogP contribution in [0.1, 0.15) is 29.1 Å². The van der Waals surface area contributed by atoms with Crippen molar-refractivity contribution in [3.63, 3.8) is 0 Å². The van der Waals surface area contributed by atoms with E-state index >= 15 is 0 Å². The van der Waals surface area contributed by atoms with Crippen molar-refractivity contribution in [2.75, 3.05) is 14.1 Å². The first-order valence-electron chi connectivity index (χ1n) is 6.85. The van der Waals surface area contributed by atoms with Gasteiger partial charge in [0, 0.05) is 20.0 Å². The highest BCUT2D eigenvalue weighted by Gasteiger charge is 2.20. The third-order valence-corrected chi connectivity index (χ3v) is 2.82. The summed E-state index contributed by atoms with van der Waals surface area (Å²) < 4.78 is 0.857. The Morgan fingerprint density at radius 1 is 1.35 bits per heavy atom. The Morgan fingerprint density at radius 3 is 2.61 bits per heavy atom. The molecule has 2 aromatic rings. The molecule has 120 valence electrons. The summed E-state index contributed by atoms with van der Waals surface area (Å²) in [6.07, 6.45) is 3.10. The number of nitrogens with zero attached hydrogens (tertiary/aromatic N) is 6. The van der Waals surface area contributed by atoms with Crippen molar-refractivity contribution in [2.45, 2.75) is 13.8 Å². The summed E-state index contributed by atoms with van der Waals surface area (Å²) in [7, 11) is 3.49. The Balaban J connectivity index is 2.82. The largest absolute Gasteiger partial charge is 0.369 e. The Morgan fingerprint density at radius 2 is 2.04 bits per heavy atom. The predicted molar refractivity (Wildman–Crippen MR) is 84.3 cm³/mol. The zero-order valence-electron chi connectivity index (χ0n) is 13.2. The maximum absolute atomic E-state index is 12.6. The summed E-state index contributed by atoms with van der Waals surface area (Å²) in [5, 5.41) is 0. The molecule has 0 saturated carbocycles. The topological polar surface area (TPSA) is 110 Å². The number of aldehydes is 1. The molecule has 0 aliphatic rings. The fraction of sp³-hybridized carbons (Fsp3) is 0.357. The van der Waals surface area contributed by atoms with Crippen LogP contribution in [0.15, 0.2) is 16.0 Å². The molecule has 0 amide bonds. The highest BCUT2D eigenvalue weighted by atomic mass is 16.2. The van der Waals surface area contributed by atoms with Gasteiger partial charge in [-0.1, -0.05) is 13.8 Å². The number of carbonyl (C=O) groups is 2. The van der Waals surface area contributed by atoms with Crippen LogP contribution in [0.5, 0.6) is 0 Å². The van der Waals surface area contributed by atoms with Gasteiger partial charge in [-0.3, -0.25) is 14.4 Å². The fourth-order valence-electron chi connectivity index (χ4n) is 1.73. The highest BCUT2D eigenvalue weighted by molar-refractivity contribution is 5.86. The number of fused-ring (bicyclic) bond motifs is 1. The van der Waals surface area contributed by atoms with Crippen LogP contribution in [0.2, 0.25) is 0 Å². The molecule has 0 aliphatic heterocycles. The average Bonchev–Trinajstić information content (AvgIpc) is 2.52. The van der Waals surface area contributed by atoms with Crippen molar-refractivity contribution in [3.8, 4) is 0 Å². The van der Waals surface area contributed by atoms with E-state index in [1.807, 2.05) is 0 Å². The number of hydrogen-bond acceptors (Lipinski definition) is 7. The SMILES string of the molecule is CC(C)C(=O)n1c(N=CN(C)C)nc2ncc(C=O)nc2c1=O. The average molecular weight is 316 g/mol. The van der Waals surface area contributed by atoms with Gasteiger partial charge < -0.3 is 4.90 Å². The van der Waals surface area contributed by atoms with E-state index in [1.165, 1.54) is 12.5 Å². The van der Waals surface area contributed by atoms with Crippen LogP contribution in [0.3, 0.4) is 0 Å². The van der Waals surface area contributed by atoms with Crippen LogP contribution in [-0.2, 0) is 0 Å². The Kier molecular flexibility index (Phi) is 4.58. The standard InChI is InChI=1S/C14H16N6O3/c1-8(2)12(22)20-13(23)10-11(15-5-9(6-21)17-10)18-14(20)16-7-19(3)4/h5-8H,1-4H3. The number of hydrogen-bond donors (Lipinski definition) is 0. The van der Waals surface area contributed by atoms with Crippen molar-refractivity contribution in [3.05, 3.63) is 22.2 Å². The van der Waals surface area contributed by atoms with Crippen molar-refractivity contribution >= 4 is 35.6 Å². The second kappa shape index (κ2) is 6.42. The number of aliphatic imine (C=N–C) groups is 1. The van der Waals surface area contributed by atoms with Crippen LogP contribution in [-0.4, -0.2) is 57.0 Å². The molecule has 0 spiro atoms. The van der Waals surface area contributed by atoms with E-state index in [-0.39, 0.29) is 22.8 Å². The van der Waals surface area contributed by atoms with Gasteiger partial charge in [0.1, 0.15) is 5.69 Å². The van der Waals surface area contributed by atoms with E-state index in [4.69, 9.17) is 0 Å². The first-order chi connectivity index (χ1) is 10.8. The van der Waals surface area contributed by atoms with Gasteiger partial charge in [-0.2, -0.15) is 4.98 Å². The molecule has 2 aromatic heterocycles. The summed E-state index contributed by atoms with van der Waals surface area (Å²) in [5.74, 6) is -0.987. The predicted octanol–water partition coefficient (Wildman–Crippen LogP) is 0.517. The number of aromatic nitrogens is 4. The van der Waals surface area contributed by atoms with Crippen molar-refractivity contribution in [2.24, 2.45) is 10.9 Å². The third kappa shape index (κ3) is 3.28. The van der Waals surface area contributed by atoms with Crippen molar-refractivity contribution in [1.82, 2.24) is 24.4 Å². The van der Waals surface area contributed by atoms with Crippen LogP contribution < -0.4 is 5.56 Å². The summed E-state index contributed by atoms with van der Waals surface area (Å²) in [4.78, 5) is 53.4. The van der Waals surface area contributed by atoms with Gasteiger partial charge in [0.2, 0.25) is 11.9 Å². The molecule has 0 aromatic carbocycles. The maximum atomic E-state index is 12.6. The monoisotopic (exact) mass is 316 g/mol. The van der Waals surface area contributed by atoms with Gasteiger partial charge in [0.05, 0.1) is 12.5 Å². The van der Waals surface area contributed by atoms with Crippen molar-refractivity contribution in [1.29, 1.82) is 0 Å².